The Bertz CT molecular complexity index is 428. The number of carboxylic acid groups (broad SMARTS) is 1. The van der Waals surface area contributed by atoms with Gasteiger partial charge in [0.2, 0.25) is 5.28 Å². The van der Waals surface area contributed by atoms with Crippen molar-refractivity contribution in [2.75, 3.05) is 19.0 Å². The number of aromatic nitrogens is 2. The van der Waals surface area contributed by atoms with Gasteiger partial charge in [-0.2, -0.15) is 4.98 Å². The van der Waals surface area contributed by atoms with Crippen LogP contribution in [0.1, 0.15) is 17.4 Å². The standard InChI is InChI=1S/C9H11Cl2N3O3/c1-4(3-17-2)12-7-5(10)6(8(15)16)13-9(11)14-7/h4H,3H2,1-2H3,(H,15,16)(H,12,13,14)/t4-/m1/s1. The molecule has 0 spiro atoms. The fraction of sp³-hybridized carbons (Fsp3) is 0.444. The van der Waals surface area contributed by atoms with E-state index in [1.165, 1.54) is 0 Å². The van der Waals surface area contributed by atoms with Crippen LogP contribution in [0, 0.1) is 0 Å². The van der Waals surface area contributed by atoms with Gasteiger partial charge in [0, 0.05) is 13.2 Å². The molecule has 0 unspecified atom stereocenters. The van der Waals surface area contributed by atoms with Gasteiger partial charge < -0.3 is 15.2 Å². The molecular weight excluding hydrogens is 269 g/mol. The first-order valence-corrected chi connectivity index (χ1v) is 5.43. The van der Waals surface area contributed by atoms with Crippen molar-refractivity contribution in [1.29, 1.82) is 0 Å². The monoisotopic (exact) mass is 279 g/mol. The molecule has 0 bridgehead atoms. The number of carboxylic acids is 1. The Labute approximate surface area is 108 Å². The molecule has 0 saturated heterocycles. The zero-order chi connectivity index (χ0) is 13.0. The van der Waals surface area contributed by atoms with Crippen LogP contribution in [0.25, 0.3) is 0 Å². The highest BCUT2D eigenvalue weighted by atomic mass is 35.5. The summed E-state index contributed by atoms with van der Waals surface area (Å²) >= 11 is 11.5. The summed E-state index contributed by atoms with van der Waals surface area (Å²) in [6.07, 6.45) is 0. The fourth-order valence-electron chi connectivity index (χ4n) is 1.18. The van der Waals surface area contributed by atoms with E-state index < -0.39 is 5.97 Å². The number of hydrogen-bond donors (Lipinski definition) is 2. The van der Waals surface area contributed by atoms with Crippen LogP contribution in [-0.4, -0.2) is 40.8 Å². The van der Waals surface area contributed by atoms with Crippen LogP contribution >= 0.6 is 23.2 Å². The molecule has 1 atom stereocenters. The summed E-state index contributed by atoms with van der Waals surface area (Å²) in [5, 5.41) is 11.5. The van der Waals surface area contributed by atoms with Crippen LogP contribution in [0.15, 0.2) is 0 Å². The Morgan fingerprint density at radius 2 is 2.18 bits per heavy atom. The maximum Gasteiger partial charge on any atom is 0.356 e. The Morgan fingerprint density at radius 3 is 2.71 bits per heavy atom. The summed E-state index contributed by atoms with van der Waals surface area (Å²) in [7, 11) is 1.55. The third kappa shape index (κ3) is 3.69. The van der Waals surface area contributed by atoms with Crippen LogP contribution < -0.4 is 5.32 Å². The van der Waals surface area contributed by atoms with Gasteiger partial charge in [-0.3, -0.25) is 0 Å². The van der Waals surface area contributed by atoms with Crippen molar-refractivity contribution in [3.8, 4) is 0 Å². The zero-order valence-electron chi connectivity index (χ0n) is 9.20. The van der Waals surface area contributed by atoms with Crippen LogP contribution in [-0.2, 0) is 4.74 Å². The minimum atomic E-state index is -1.26. The summed E-state index contributed by atoms with van der Waals surface area (Å²) < 4.78 is 4.93. The molecule has 6 nitrogen and oxygen atoms in total. The Kier molecular flexibility index (Phi) is 4.92. The van der Waals surface area contributed by atoms with E-state index in [1.54, 1.807) is 7.11 Å². The van der Waals surface area contributed by atoms with Gasteiger partial charge >= 0.3 is 5.97 Å². The van der Waals surface area contributed by atoms with Gasteiger partial charge in [0.25, 0.3) is 0 Å². The molecule has 17 heavy (non-hydrogen) atoms. The van der Waals surface area contributed by atoms with Crippen LogP contribution in [0.2, 0.25) is 10.3 Å². The van der Waals surface area contributed by atoms with Gasteiger partial charge in [-0.1, -0.05) is 11.6 Å². The second-order valence-corrected chi connectivity index (χ2v) is 4.03. The molecule has 0 fully saturated rings. The van der Waals surface area contributed by atoms with Gasteiger partial charge in [-0.15, -0.1) is 0 Å². The summed E-state index contributed by atoms with van der Waals surface area (Å²) in [5.41, 5.74) is -0.334. The molecule has 0 aliphatic rings. The number of rotatable bonds is 5. The lowest BCUT2D eigenvalue weighted by atomic mass is 10.3. The molecule has 0 aliphatic heterocycles. The maximum atomic E-state index is 10.9. The summed E-state index contributed by atoms with van der Waals surface area (Å²) in [4.78, 5) is 18.2. The number of halogens is 2. The highest BCUT2D eigenvalue weighted by Crippen LogP contribution is 2.25. The van der Waals surface area contributed by atoms with Crippen molar-refractivity contribution in [2.24, 2.45) is 0 Å². The summed E-state index contributed by atoms with van der Waals surface area (Å²) in [5.74, 6) is -1.09. The maximum absolute atomic E-state index is 10.9. The first-order chi connectivity index (χ1) is 7.95. The average molecular weight is 280 g/mol. The Balaban J connectivity index is 3.03. The van der Waals surface area contributed by atoms with Crippen LogP contribution in [0.3, 0.4) is 0 Å². The number of nitrogens with one attached hydrogen (secondary N) is 1. The van der Waals surface area contributed by atoms with Crippen LogP contribution in [0.5, 0.6) is 0 Å². The van der Waals surface area contributed by atoms with Gasteiger partial charge in [0.15, 0.2) is 11.5 Å². The smallest absolute Gasteiger partial charge is 0.356 e. The van der Waals surface area contributed by atoms with Crippen molar-refractivity contribution in [3.05, 3.63) is 16.0 Å². The number of carbonyl (C=O) groups is 1. The van der Waals surface area contributed by atoms with E-state index in [9.17, 15) is 4.79 Å². The van der Waals surface area contributed by atoms with Gasteiger partial charge in [0.1, 0.15) is 5.02 Å². The predicted molar refractivity (Wildman–Crippen MR) is 64.0 cm³/mol. The van der Waals surface area contributed by atoms with Crippen LogP contribution in [0.4, 0.5) is 5.82 Å². The largest absolute Gasteiger partial charge is 0.476 e. The lowest BCUT2D eigenvalue weighted by Gasteiger charge is -2.15. The Morgan fingerprint density at radius 1 is 1.53 bits per heavy atom. The molecule has 1 aromatic rings. The fourth-order valence-corrected chi connectivity index (χ4v) is 1.57. The van der Waals surface area contributed by atoms with E-state index in [1.807, 2.05) is 6.92 Å². The molecule has 94 valence electrons. The van der Waals surface area contributed by atoms with Gasteiger partial charge in [-0.05, 0) is 18.5 Å². The lowest BCUT2D eigenvalue weighted by Crippen LogP contribution is -2.22. The third-order valence-corrected chi connectivity index (χ3v) is 2.35. The molecule has 0 radical (unpaired) electrons. The van der Waals surface area contributed by atoms with E-state index in [0.29, 0.717) is 6.61 Å². The van der Waals surface area contributed by atoms with E-state index in [-0.39, 0.29) is 27.9 Å². The molecule has 0 aliphatic carbocycles. The minimum absolute atomic E-state index is 0.0788. The normalized spacial score (nSPS) is 12.2. The topological polar surface area (TPSA) is 84.3 Å². The number of ether oxygens (including phenoxy) is 1. The highest BCUT2D eigenvalue weighted by molar-refractivity contribution is 6.36. The first kappa shape index (κ1) is 14.0. The molecule has 2 N–H and O–H groups in total. The highest BCUT2D eigenvalue weighted by Gasteiger charge is 2.18. The number of methoxy groups -OCH3 is 1. The quantitative estimate of drug-likeness (QED) is 0.802. The molecule has 8 heteroatoms. The number of anilines is 1. The number of aromatic carboxylic acids is 1. The van der Waals surface area contributed by atoms with Gasteiger partial charge in [0.05, 0.1) is 6.61 Å². The molecule has 0 aromatic carbocycles. The molecule has 1 rings (SSSR count). The second kappa shape index (κ2) is 6.00. The molecular formula is C9H11Cl2N3O3. The zero-order valence-corrected chi connectivity index (χ0v) is 10.7. The minimum Gasteiger partial charge on any atom is -0.476 e. The third-order valence-electron chi connectivity index (χ3n) is 1.83. The number of nitrogens with zero attached hydrogens (tertiary/aromatic N) is 2. The first-order valence-electron chi connectivity index (χ1n) is 4.67. The second-order valence-electron chi connectivity index (χ2n) is 3.31. The van der Waals surface area contributed by atoms with E-state index >= 15 is 0 Å². The van der Waals surface area contributed by atoms with Crippen molar-refractivity contribution >= 4 is 35.0 Å². The molecule has 1 aromatic heterocycles. The van der Waals surface area contributed by atoms with Crippen molar-refractivity contribution in [2.45, 2.75) is 13.0 Å². The lowest BCUT2D eigenvalue weighted by molar-refractivity contribution is 0.0690. The van der Waals surface area contributed by atoms with E-state index in [4.69, 9.17) is 33.0 Å². The average Bonchev–Trinajstić information content (AvgIpc) is 2.22. The Hall–Kier alpha value is -1.11. The van der Waals surface area contributed by atoms with E-state index in [2.05, 4.69) is 15.3 Å². The van der Waals surface area contributed by atoms with Gasteiger partial charge in [-0.25, -0.2) is 9.78 Å². The molecule has 0 saturated carbocycles. The van der Waals surface area contributed by atoms with E-state index in [0.717, 1.165) is 0 Å². The molecule has 1 heterocycles. The summed E-state index contributed by atoms with van der Waals surface area (Å²) in [6, 6.07) is -0.0925. The van der Waals surface area contributed by atoms with Crippen molar-refractivity contribution < 1.29 is 14.6 Å². The van der Waals surface area contributed by atoms with Crippen molar-refractivity contribution in [3.63, 3.8) is 0 Å². The summed E-state index contributed by atoms with van der Waals surface area (Å²) in [6.45, 7) is 2.25. The van der Waals surface area contributed by atoms with Crippen molar-refractivity contribution in [1.82, 2.24) is 9.97 Å². The number of hydrogen-bond acceptors (Lipinski definition) is 5. The molecule has 0 amide bonds. The SMILES string of the molecule is COC[C@@H](C)Nc1nc(Cl)nc(C(=O)O)c1Cl. The predicted octanol–water partition coefficient (Wildman–Crippen LogP) is 1.93.